The molecule has 1 heterocycles. The van der Waals surface area contributed by atoms with E-state index in [-0.39, 0.29) is 18.6 Å². The summed E-state index contributed by atoms with van der Waals surface area (Å²) in [5, 5.41) is 2.90. The molecular weight excluding hydrogens is 438 g/mol. The maximum Gasteiger partial charge on any atom is 0.241 e. The van der Waals surface area contributed by atoms with E-state index in [9.17, 15) is 13.2 Å². The molecule has 1 N–H and O–H groups in total. The molecule has 3 rings (SSSR count). The van der Waals surface area contributed by atoms with Crippen molar-refractivity contribution in [1.29, 1.82) is 0 Å². The van der Waals surface area contributed by atoms with Crippen molar-refractivity contribution in [3.63, 3.8) is 0 Å². The van der Waals surface area contributed by atoms with Crippen molar-refractivity contribution >= 4 is 21.6 Å². The highest BCUT2D eigenvalue weighted by Crippen LogP contribution is 2.22. The molecule has 0 bridgehead atoms. The summed E-state index contributed by atoms with van der Waals surface area (Å²) in [5.74, 6) is 0.299. The first-order chi connectivity index (χ1) is 15.7. The van der Waals surface area contributed by atoms with E-state index < -0.39 is 10.0 Å². The van der Waals surface area contributed by atoms with E-state index in [0.29, 0.717) is 18.0 Å². The van der Waals surface area contributed by atoms with E-state index in [0.717, 1.165) is 35.8 Å². The van der Waals surface area contributed by atoms with Gasteiger partial charge in [0, 0.05) is 13.1 Å². The Labute approximate surface area is 197 Å². The van der Waals surface area contributed by atoms with Crippen LogP contribution in [0.3, 0.4) is 0 Å². The predicted molar refractivity (Wildman–Crippen MR) is 132 cm³/mol. The van der Waals surface area contributed by atoms with Gasteiger partial charge in [-0.15, -0.1) is 0 Å². The Kier molecular flexibility index (Phi) is 8.74. The minimum atomic E-state index is -3.63. The van der Waals surface area contributed by atoms with Gasteiger partial charge in [-0.3, -0.25) is 14.0 Å². The smallest absolute Gasteiger partial charge is 0.241 e. The fourth-order valence-electron chi connectivity index (χ4n) is 3.99. The maximum atomic E-state index is 12.7. The number of carbonyl (C=O) groups is 1. The number of likely N-dealkylation sites (tertiary alicyclic amines) is 1. The SMILES string of the molecule is CC(C)Oc1ccc(N(CC(=O)NCc2ccccc2CN2CCCCC2)S(C)(=O)=O)cc1. The number of nitrogens with one attached hydrogen (secondary N) is 1. The predicted octanol–water partition coefficient (Wildman–Crippen LogP) is 3.54. The van der Waals surface area contributed by atoms with Crippen LogP contribution in [0, 0.1) is 0 Å². The van der Waals surface area contributed by atoms with Crippen molar-refractivity contribution in [2.24, 2.45) is 0 Å². The quantitative estimate of drug-likeness (QED) is 0.571. The summed E-state index contributed by atoms with van der Waals surface area (Å²) < 4.78 is 31.5. The highest BCUT2D eigenvalue weighted by Gasteiger charge is 2.21. The lowest BCUT2D eigenvalue weighted by Crippen LogP contribution is -2.40. The van der Waals surface area contributed by atoms with Crippen molar-refractivity contribution in [2.75, 3.05) is 30.2 Å². The van der Waals surface area contributed by atoms with Crippen LogP contribution in [0.15, 0.2) is 48.5 Å². The Balaban J connectivity index is 1.63. The van der Waals surface area contributed by atoms with Crippen LogP contribution in [0.2, 0.25) is 0 Å². The number of sulfonamides is 1. The molecule has 1 aliphatic rings. The summed E-state index contributed by atoms with van der Waals surface area (Å²) in [7, 11) is -3.63. The molecule has 33 heavy (non-hydrogen) atoms. The lowest BCUT2D eigenvalue weighted by Gasteiger charge is -2.27. The zero-order valence-electron chi connectivity index (χ0n) is 19.8. The number of benzene rings is 2. The highest BCUT2D eigenvalue weighted by atomic mass is 32.2. The van der Waals surface area contributed by atoms with Crippen LogP contribution in [0.25, 0.3) is 0 Å². The standard InChI is InChI=1S/C25H35N3O4S/c1-20(2)32-24-13-11-23(12-14-24)28(33(3,30)31)19-25(29)26-17-21-9-5-6-10-22(21)18-27-15-7-4-8-16-27/h5-6,9-14,20H,4,7-8,15-19H2,1-3H3,(H,26,29). The van der Waals surface area contributed by atoms with Gasteiger partial charge in [-0.25, -0.2) is 8.42 Å². The molecule has 0 saturated carbocycles. The topological polar surface area (TPSA) is 79.0 Å². The van der Waals surface area contributed by atoms with Crippen LogP contribution in [0.4, 0.5) is 5.69 Å². The second-order valence-corrected chi connectivity index (χ2v) is 10.7. The molecule has 0 aliphatic carbocycles. The average Bonchev–Trinajstić information content (AvgIpc) is 2.77. The second-order valence-electron chi connectivity index (χ2n) is 8.81. The zero-order chi connectivity index (χ0) is 23.8. The van der Waals surface area contributed by atoms with E-state index in [1.165, 1.54) is 24.8 Å². The van der Waals surface area contributed by atoms with Gasteiger partial charge in [0.05, 0.1) is 18.0 Å². The molecule has 2 aromatic carbocycles. The van der Waals surface area contributed by atoms with Gasteiger partial charge in [-0.05, 0) is 75.2 Å². The third-order valence-electron chi connectivity index (χ3n) is 5.62. The number of carbonyl (C=O) groups excluding carboxylic acids is 1. The summed E-state index contributed by atoms with van der Waals surface area (Å²) >= 11 is 0. The molecule has 0 radical (unpaired) electrons. The van der Waals surface area contributed by atoms with Gasteiger partial charge in [0.25, 0.3) is 0 Å². The minimum absolute atomic E-state index is 0.0189. The summed E-state index contributed by atoms with van der Waals surface area (Å²) in [6, 6.07) is 14.8. The van der Waals surface area contributed by atoms with Gasteiger partial charge in [0.1, 0.15) is 12.3 Å². The minimum Gasteiger partial charge on any atom is -0.491 e. The van der Waals surface area contributed by atoms with Gasteiger partial charge in [-0.1, -0.05) is 30.7 Å². The molecule has 0 atom stereocenters. The van der Waals surface area contributed by atoms with E-state index in [2.05, 4.69) is 16.3 Å². The van der Waals surface area contributed by atoms with Crippen LogP contribution in [-0.4, -0.2) is 51.2 Å². The van der Waals surface area contributed by atoms with Gasteiger partial charge < -0.3 is 10.1 Å². The van der Waals surface area contributed by atoms with Crippen molar-refractivity contribution < 1.29 is 17.9 Å². The molecule has 2 aromatic rings. The Morgan fingerprint density at radius 2 is 1.67 bits per heavy atom. The summed E-state index contributed by atoms with van der Waals surface area (Å²) in [5.41, 5.74) is 2.67. The molecule has 180 valence electrons. The molecule has 0 aromatic heterocycles. The van der Waals surface area contributed by atoms with Crippen molar-refractivity contribution in [3.05, 3.63) is 59.7 Å². The molecule has 1 fully saturated rings. The summed E-state index contributed by atoms with van der Waals surface area (Å²) in [6.45, 7) is 7.00. The van der Waals surface area contributed by atoms with Crippen LogP contribution in [0.1, 0.15) is 44.2 Å². The molecule has 8 heteroatoms. The number of hydrogen-bond acceptors (Lipinski definition) is 5. The Morgan fingerprint density at radius 3 is 2.27 bits per heavy atom. The van der Waals surface area contributed by atoms with Crippen LogP contribution >= 0.6 is 0 Å². The van der Waals surface area contributed by atoms with Crippen LogP contribution < -0.4 is 14.4 Å². The number of amides is 1. The molecule has 0 spiro atoms. The fourth-order valence-corrected chi connectivity index (χ4v) is 4.84. The normalized spacial score (nSPS) is 14.8. The average molecular weight is 474 g/mol. The number of hydrogen-bond donors (Lipinski definition) is 1. The zero-order valence-corrected chi connectivity index (χ0v) is 20.6. The first-order valence-electron chi connectivity index (χ1n) is 11.5. The molecule has 1 aliphatic heterocycles. The Bertz CT molecular complexity index is 1020. The van der Waals surface area contributed by atoms with Gasteiger partial charge in [0.2, 0.25) is 15.9 Å². The first kappa shape index (κ1) is 25.1. The molecule has 1 saturated heterocycles. The lowest BCUT2D eigenvalue weighted by atomic mass is 10.0. The van der Waals surface area contributed by atoms with Gasteiger partial charge >= 0.3 is 0 Å². The van der Waals surface area contributed by atoms with Crippen molar-refractivity contribution in [3.8, 4) is 5.75 Å². The van der Waals surface area contributed by atoms with Crippen LogP contribution in [0.5, 0.6) is 5.75 Å². The number of piperidine rings is 1. The van der Waals surface area contributed by atoms with Crippen molar-refractivity contribution in [2.45, 2.75) is 52.3 Å². The number of anilines is 1. The second kappa shape index (κ2) is 11.5. The first-order valence-corrected chi connectivity index (χ1v) is 13.4. The number of rotatable bonds is 10. The number of ether oxygens (including phenoxy) is 1. The maximum absolute atomic E-state index is 12.7. The molecule has 1 amide bonds. The largest absolute Gasteiger partial charge is 0.491 e. The van der Waals surface area contributed by atoms with E-state index in [4.69, 9.17) is 4.74 Å². The van der Waals surface area contributed by atoms with E-state index >= 15 is 0 Å². The van der Waals surface area contributed by atoms with E-state index in [1.54, 1.807) is 24.3 Å². The Hall–Kier alpha value is -2.58. The van der Waals surface area contributed by atoms with Gasteiger partial charge in [0.15, 0.2) is 0 Å². The summed E-state index contributed by atoms with van der Waals surface area (Å²) in [6.07, 6.45) is 4.87. The monoisotopic (exact) mass is 473 g/mol. The third-order valence-corrected chi connectivity index (χ3v) is 6.76. The Morgan fingerprint density at radius 1 is 1.03 bits per heavy atom. The van der Waals surface area contributed by atoms with Gasteiger partial charge in [-0.2, -0.15) is 0 Å². The summed E-state index contributed by atoms with van der Waals surface area (Å²) in [4.78, 5) is 15.2. The molecule has 0 unspecified atom stereocenters. The molecular formula is C25H35N3O4S. The third kappa shape index (κ3) is 7.75. The fraction of sp³-hybridized carbons (Fsp3) is 0.480. The van der Waals surface area contributed by atoms with Crippen LogP contribution in [-0.2, 0) is 27.9 Å². The lowest BCUT2D eigenvalue weighted by molar-refractivity contribution is -0.119. The number of nitrogens with zero attached hydrogens (tertiary/aromatic N) is 2. The molecule has 7 nitrogen and oxygen atoms in total. The van der Waals surface area contributed by atoms with Crippen molar-refractivity contribution in [1.82, 2.24) is 10.2 Å². The van der Waals surface area contributed by atoms with E-state index in [1.807, 2.05) is 32.0 Å². The highest BCUT2D eigenvalue weighted by molar-refractivity contribution is 7.92.